The topological polar surface area (TPSA) is 85.5 Å². The summed E-state index contributed by atoms with van der Waals surface area (Å²) < 4.78 is 37.3. The molecule has 8 heteroatoms. The van der Waals surface area contributed by atoms with Gasteiger partial charge in [0.25, 0.3) is 0 Å². The number of ether oxygens (including phenoxy) is 1. The molecular weight excluding hydrogens is 294 g/mol. The maximum absolute atomic E-state index is 12.5. The van der Waals surface area contributed by atoms with Crippen LogP contribution in [0.1, 0.15) is 44.6 Å². The first-order valence-electron chi connectivity index (χ1n) is 7.31. The predicted octanol–water partition coefficient (Wildman–Crippen LogP) is 1.52. The quantitative estimate of drug-likeness (QED) is 0.790. The van der Waals surface area contributed by atoms with Gasteiger partial charge in [0.2, 0.25) is 21.8 Å². The number of aromatic nitrogens is 2. The van der Waals surface area contributed by atoms with E-state index in [-0.39, 0.29) is 18.2 Å². The molecule has 1 aliphatic heterocycles. The van der Waals surface area contributed by atoms with Crippen LogP contribution in [0.15, 0.2) is 4.42 Å². The summed E-state index contributed by atoms with van der Waals surface area (Å²) in [6.45, 7) is 6.69. The third-order valence-electron chi connectivity index (χ3n) is 3.52. The van der Waals surface area contributed by atoms with Crippen LogP contribution < -0.4 is 0 Å². The minimum absolute atomic E-state index is 0.159. The third kappa shape index (κ3) is 4.24. The van der Waals surface area contributed by atoms with Crippen molar-refractivity contribution in [1.82, 2.24) is 14.5 Å². The highest BCUT2D eigenvalue weighted by Crippen LogP contribution is 2.24. The van der Waals surface area contributed by atoms with Gasteiger partial charge in [0.05, 0.1) is 12.4 Å². The van der Waals surface area contributed by atoms with Crippen molar-refractivity contribution >= 4 is 10.0 Å². The summed E-state index contributed by atoms with van der Waals surface area (Å²) >= 11 is 0. The molecule has 0 spiro atoms. The van der Waals surface area contributed by atoms with Gasteiger partial charge in [-0.15, -0.1) is 10.2 Å². The molecule has 1 saturated heterocycles. The van der Waals surface area contributed by atoms with Crippen molar-refractivity contribution in [3.05, 3.63) is 11.8 Å². The molecule has 0 radical (unpaired) electrons. The standard InChI is InChI=1S/C13H23N3O4S/c1-4-5-10(2)9-21(17,18)16-6-7-19-12(8-16)13-15-14-11(3)20-13/h10,12H,4-9H2,1-3H3. The Morgan fingerprint density at radius 1 is 1.43 bits per heavy atom. The van der Waals surface area contributed by atoms with Gasteiger partial charge in [-0.1, -0.05) is 20.3 Å². The first-order valence-corrected chi connectivity index (χ1v) is 8.92. The van der Waals surface area contributed by atoms with Gasteiger partial charge in [0.1, 0.15) is 6.10 Å². The normalized spacial score (nSPS) is 22.3. The summed E-state index contributed by atoms with van der Waals surface area (Å²) in [5.41, 5.74) is 0. The van der Waals surface area contributed by atoms with E-state index in [1.807, 2.05) is 6.92 Å². The molecule has 1 aromatic rings. The molecule has 0 amide bonds. The maximum Gasteiger partial charge on any atom is 0.246 e. The molecule has 2 heterocycles. The van der Waals surface area contributed by atoms with Crippen LogP contribution in [0.25, 0.3) is 0 Å². The summed E-state index contributed by atoms with van der Waals surface area (Å²) in [4.78, 5) is 0. The number of morpholine rings is 1. The minimum atomic E-state index is -3.28. The van der Waals surface area contributed by atoms with E-state index in [1.54, 1.807) is 6.92 Å². The summed E-state index contributed by atoms with van der Waals surface area (Å²) in [6, 6.07) is 0. The Balaban J connectivity index is 2.03. The molecule has 0 aromatic carbocycles. The van der Waals surface area contributed by atoms with Crippen LogP contribution in [0.4, 0.5) is 0 Å². The van der Waals surface area contributed by atoms with Gasteiger partial charge in [-0.3, -0.25) is 0 Å². The Morgan fingerprint density at radius 2 is 2.19 bits per heavy atom. The van der Waals surface area contributed by atoms with Crippen LogP contribution in [-0.2, 0) is 14.8 Å². The van der Waals surface area contributed by atoms with E-state index in [9.17, 15) is 8.42 Å². The van der Waals surface area contributed by atoms with E-state index >= 15 is 0 Å². The molecule has 1 fully saturated rings. The molecule has 2 rings (SSSR count). The zero-order valence-corrected chi connectivity index (χ0v) is 13.6. The van der Waals surface area contributed by atoms with Gasteiger partial charge in [0.15, 0.2) is 0 Å². The molecule has 1 aromatic heterocycles. The van der Waals surface area contributed by atoms with E-state index in [1.165, 1.54) is 4.31 Å². The number of sulfonamides is 1. The molecule has 2 unspecified atom stereocenters. The average molecular weight is 317 g/mol. The fraction of sp³-hybridized carbons (Fsp3) is 0.846. The first-order chi connectivity index (χ1) is 9.92. The zero-order valence-electron chi connectivity index (χ0n) is 12.8. The monoisotopic (exact) mass is 317 g/mol. The number of hydrogen-bond donors (Lipinski definition) is 0. The van der Waals surface area contributed by atoms with Gasteiger partial charge < -0.3 is 9.15 Å². The van der Waals surface area contributed by atoms with Crippen LogP contribution >= 0.6 is 0 Å². The molecule has 1 aliphatic rings. The SMILES string of the molecule is CCCC(C)CS(=O)(=O)N1CCOC(c2nnc(C)o2)C1. The van der Waals surface area contributed by atoms with E-state index in [0.717, 1.165) is 12.8 Å². The molecule has 0 aliphatic carbocycles. The van der Waals surface area contributed by atoms with Crippen LogP contribution in [0, 0.1) is 12.8 Å². The van der Waals surface area contributed by atoms with Crippen LogP contribution in [-0.4, -0.2) is 48.4 Å². The summed E-state index contributed by atoms with van der Waals surface area (Å²) in [6.07, 6.45) is 1.43. The second kappa shape index (κ2) is 6.85. The second-order valence-electron chi connectivity index (χ2n) is 5.55. The van der Waals surface area contributed by atoms with Crippen LogP contribution in [0.3, 0.4) is 0 Å². The predicted molar refractivity (Wildman–Crippen MR) is 77.2 cm³/mol. The highest BCUT2D eigenvalue weighted by Gasteiger charge is 2.33. The van der Waals surface area contributed by atoms with Gasteiger partial charge in [-0.05, 0) is 12.3 Å². The average Bonchev–Trinajstić information content (AvgIpc) is 2.85. The number of rotatable bonds is 6. The lowest BCUT2D eigenvalue weighted by atomic mass is 10.1. The highest BCUT2D eigenvalue weighted by atomic mass is 32.2. The number of aryl methyl sites for hydroxylation is 1. The van der Waals surface area contributed by atoms with Crippen LogP contribution in [0.5, 0.6) is 0 Å². The second-order valence-corrected chi connectivity index (χ2v) is 7.56. The molecule has 120 valence electrons. The molecule has 0 saturated carbocycles. The molecular formula is C13H23N3O4S. The largest absolute Gasteiger partial charge is 0.423 e. The van der Waals surface area contributed by atoms with Crippen molar-refractivity contribution in [3.8, 4) is 0 Å². The van der Waals surface area contributed by atoms with Crippen molar-refractivity contribution in [1.29, 1.82) is 0 Å². The lowest BCUT2D eigenvalue weighted by Gasteiger charge is -2.31. The molecule has 2 atom stereocenters. The Labute approximate surface area is 125 Å². The Bertz CT molecular complexity index is 558. The maximum atomic E-state index is 12.5. The molecule has 0 N–H and O–H groups in total. The fourth-order valence-corrected chi connectivity index (χ4v) is 4.32. The lowest BCUT2D eigenvalue weighted by Crippen LogP contribution is -2.44. The van der Waals surface area contributed by atoms with Crippen molar-refractivity contribution in [2.75, 3.05) is 25.4 Å². The third-order valence-corrected chi connectivity index (χ3v) is 5.62. The van der Waals surface area contributed by atoms with Crippen molar-refractivity contribution in [2.45, 2.75) is 39.7 Å². The highest BCUT2D eigenvalue weighted by molar-refractivity contribution is 7.89. The number of hydrogen-bond acceptors (Lipinski definition) is 6. The van der Waals surface area contributed by atoms with E-state index in [4.69, 9.17) is 9.15 Å². The van der Waals surface area contributed by atoms with Gasteiger partial charge in [-0.25, -0.2) is 8.42 Å². The first kappa shape index (κ1) is 16.4. The molecule has 7 nitrogen and oxygen atoms in total. The van der Waals surface area contributed by atoms with Crippen molar-refractivity contribution in [2.24, 2.45) is 5.92 Å². The summed E-state index contributed by atoms with van der Waals surface area (Å²) in [5.74, 6) is 1.13. The molecule has 21 heavy (non-hydrogen) atoms. The van der Waals surface area contributed by atoms with Crippen molar-refractivity contribution in [3.63, 3.8) is 0 Å². The summed E-state index contributed by atoms with van der Waals surface area (Å²) in [5, 5.41) is 7.67. The Hall–Kier alpha value is -0.990. The summed E-state index contributed by atoms with van der Waals surface area (Å²) in [7, 11) is -3.28. The van der Waals surface area contributed by atoms with Crippen LogP contribution in [0.2, 0.25) is 0 Å². The smallest absolute Gasteiger partial charge is 0.246 e. The fourth-order valence-electron chi connectivity index (χ4n) is 2.51. The Kier molecular flexibility index (Phi) is 5.34. The minimum Gasteiger partial charge on any atom is -0.423 e. The van der Waals surface area contributed by atoms with E-state index in [0.29, 0.717) is 24.9 Å². The number of nitrogens with zero attached hydrogens (tertiary/aromatic N) is 3. The van der Waals surface area contributed by atoms with Gasteiger partial charge >= 0.3 is 0 Å². The van der Waals surface area contributed by atoms with E-state index in [2.05, 4.69) is 17.1 Å². The Morgan fingerprint density at radius 3 is 2.81 bits per heavy atom. The van der Waals surface area contributed by atoms with Gasteiger partial charge in [0, 0.05) is 20.0 Å². The van der Waals surface area contributed by atoms with Gasteiger partial charge in [-0.2, -0.15) is 4.31 Å². The molecule has 0 bridgehead atoms. The lowest BCUT2D eigenvalue weighted by molar-refractivity contribution is -0.0177. The van der Waals surface area contributed by atoms with E-state index < -0.39 is 16.1 Å². The van der Waals surface area contributed by atoms with Crippen molar-refractivity contribution < 1.29 is 17.6 Å². The zero-order chi connectivity index (χ0) is 15.5.